The third kappa shape index (κ3) is 2.18. The van der Waals surface area contributed by atoms with Gasteiger partial charge in [0.05, 0.1) is 22.5 Å². The van der Waals surface area contributed by atoms with E-state index in [1.54, 1.807) is 13.0 Å². The van der Waals surface area contributed by atoms with Gasteiger partial charge in [0.15, 0.2) is 17.7 Å². The van der Waals surface area contributed by atoms with Crippen molar-refractivity contribution in [3.8, 4) is 0 Å². The van der Waals surface area contributed by atoms with Crippen molar-refractivity contribution in [3.63, 3.8) is 0 Å². The lowest BCUT2D eigenvalue weighted by Crippen LogP contribution is -2.76. The van der Waals surface area contributed by atoms with Gasteiger partial charge in [-0.2, -0.15) is 0 Å². The second kappa shape index (κ2) is 6.29. The fourth-order valence-corrected chi connectivity index (χ4v) is 9.96. The second-order valence-corrected chi connectivity index (χ2v) is 12.9. The summed E-state index contributed by atoms with van der Waals surface area (Å²) < 4.78 is 18.7. The molecule has 2 saturated heterocycles. The predicted octanol–water partition coefficient (Wildman–Crippen LogP) is 2.83. The van der Waals surface area contributed by atoms with Crippen LogP contribution in [0.15, 0.2) is 23.3 Å². The molecule has 5 fully saturated rings. The highest BCUT2D eigenvalue weighted by Crippen LogP contribution is 2.77. The Labute approximate surface area is 205 Å². The molecule has 0 unspecified atom stereocenters. The topological polar surface area (TPSA) is 106 Å². The van der Waals surface area contributed by atoms with Gasteiger partial charge in [-0.25, -0.2) is 4.79 Å². The number of hydrogen-bond acceptors (Lipinski definition) is 7. The molecule has 0 aromatic carbocycles. The van der Waals surface area contributed by atoms with Crippen LogP contribution in [0.2, 0.25) is 0 Å². The average molecular weight is 485 g/mol. The number of aliphatic hydroxyl groups is 2. The Balaban J connectivity index is 1.35. The van der Waals surface area contributed by atoms with Crippen LogP contribution in [0.4, 0.5) is 0 Å². The van der Waals surface area contributed by atoms with E-state index in [9.17, 15) is 19.8 Å². The van der Waals surface area contributed by atoms with E-state index >= 15 is 0 Å². The van der Waals surface area contributed by atoms with E-state index < -0.39 is 40.0 Å². The first kappa shape index (κ1) is 22.6. The van der Waals surface area contributed by atoms with Crippen molar-refractivity contribution >= 4 is 11.8 Å². The van der Waals surface area contributed by atoms with Gasteiger partial charge >= 0.3 is 5.97 Å². The summed E-state index contributed by atoms with van der Waals surface area (Å²) in [6.07, 6.45) is 5.49. The second-order valence-electron chi connectivity index (χ2n) is 12.9. The molecule has 7 heteroatoms. The number of ether oxygens (including phenoxy) is 3. The highest BCUT2D eigenvalue weighted by Gasteiger charge is 2.83. The SMILES string of the molecule is CC1=C(C)[C@H]([C@H]2O[C@@]3(O)C[C@H]4[C@@H](C[C@H]5O[C@]56CC=CC(=O)[C@]46C)[C@@H]4CC[C@@](O)([C@@H]2C)[C@]43C)OC1=O. The zero-order chi connectivity index (χ0) is 24.9. The van der Waals surface area contributed by atoms with E-state index in [4.69, 9.17) is 14.2 Å². The smallest absolute Gasteiger partial charge is 0.334 e. The zero-order valence-electron chi connectivity index (χ0n) is 21.2. The van der Waals surface area contributed by atoms with Crippen molar-refractivity contribution in [2.45, 2.75) is 102 Å². The van der Waals surface area contributed by atoms with Crippen molar-refractivity contribution in [3.05, 3.63) is 23.3 Å². The van der Waals surface area contributed by atoms with Gasteiger partial charge < -0.3 is 24.4 Å². The number of carbonyl (C=O) groups excluding carboxylic acids is 2. The van der Waals surface area contributed by atoms with Gasteiger partial charge in [-0.1, -0.05) is 19.9 Å². The molecule has 0 aromatic heterocycles. The van der Waals surface area contributed by atoms with E-state index in [-0.39, 0.29) is 47.9 Å². The van der Waals surface area contributed by atoms with Gasteiger partial charge in [-0.3, -0.25) is 4.79 Å². The first-order valence-electron chi connectivity index (χ1n) is 13.3. The van der Waals surface area contributed by atoms with E-state index in [0.717, 1.165) is 24.8 Å². The number of allylic oxidation sites excluding steroid dienone is 1. The summed E-state index contributed by atoms with van der Waals surface area (Å²) in [5.41, 5.74) is -1.95. The lowest BCUT2D eigenvalue weighted by Gasteiger charge is -2.67. The molecule has 0 radical (unpaired) electrons. The molecule has 190 valence electrons. The van der Waals surface area contributed by atoms with Gasteiger partial charge in [0.25, 0.3) is 0 Å². The fourth-order valence-electron chi connectivity index (χ4n) is 9.96. The van der Waals surface area contributed by atoms with Gasteiger partial charge in [0.2, 0.25) is 0 Å². The van der Waals surface area contributed by atoms with E-state index in [0.29, 0.717) is 12.0 Å². The average Bonchev–Trinajstić information content (AvgIpc) is 3.36. The molecular formula is C28H36O7. The minimum absolute atomic E-state index is 0.00175. The molecule has 3 heterocycles. The van der Waals surface area contributed by atoms with Crippen LogP contribution in [0.1, 0.15) is 66.7 Å². The Morgan fingerprint density at radius 2 is 1.83 bits per heavy atom. The van der Waals surface area contributed by atoms with Crippen LogP contribution in [0.5, 0.6) is 0 Å². The fraction of sp³-hybridized carbons (Fsp3) is 0.786. The van der Waals surface area contributed by atoms with E-state index in [1.165, 1.54) is 0 Å². The summed E-state index contributed by atoms with van der Waals surface area (Å²) in [5.74, 6) is -2.26. The predicted molar refractivity (Wildman–Crippen MR) is 124 cm³/mol. The van der Waals surface area contributed by atoms with Crippen LogP contribution in [0.25, 0.3) is 0 Å². The molecule has 7 nitrogen and oxygen atoms in total. The van der Waals surface area contributed by atoms with Gasteiger partial charge in [0, 0.05) is 17.9 Å². The van der Waals surface area contributed by atoms with Crippen molar-refractivity contribution in [1.82, 2.24) is 0 Å². The molecule has 0 aromatic rings. The summed E-state index contributed by atoms with van der Waals surface area (Å²) in [7, 11) is 0. The summed E-state index contributed by atoms with van der Waals surface area (Å²) in [4.78, 5) is 25.8. The third-order valence-corrected chi connectivity index (χ3v) is 12.4. The van der Waals surface area contributed by atoms with Crippen LogP contribution in [-0.2, 0) is 23.8 Å². The molecule has 0 amide bonds. The van der Waals surface area contributed by atoms with Gasteiger partial charge in [-0.05, 0) is 75.9 Å². The number of esters is 1. The van der Waals surface area contributed by atoms with Crippen LogP contribution >= 0.6 is 0 Å². The summed E-state index contributed by atoms with van der Waals surface area (Å²) in [6, 6.07) is 0. The molecule has 4 aliphatic carbocycles. The Bertz CT molecular complexity index is 1130. The van der Waals surface area contributed by atoms with Crippen molar-refractivity contribution in [2.75, 3.05) is 0 Å². The van der Waals surface area contributed by atoms with E-state index in [1.807, 2.05) is 33.8 Å². The summed E-state index contributed by atoms with van der Waals surface area (Å²) in [6.45, 7) is 9.59. The minimum atomic E-state index is -1.65. The van der Waals surface area contributed by atoms with Gasteiger partial charge in [-0.15, -0.1) is 0 Å². The Hall–Kier alpha value is -1.54. The van der Waals surface area contributed by atoms with Crippen molar-refractivity contribution in [1.29, 1.82) is 0 Å². The lowest BCUT2D eigenvalue weighted by molar-refractivity contribution is -0.414. The molecule has 7 rings (SSSR count). The molecule has 1 spiro atoms. The quantitative estimate of drug-likeness (QED) is 0.436. The number of cyclic esters (lactones) is 1. The van der Waals surface area contributed by atoms with Crippen LogP contribution in [0, 0.1) is 34.5 Å². The van der Waals surface area contributed by atoms with Crippen LogP contribution < -0.4 is 0 Å². The van der Waals surface area contributed by atoms with Gasteiger partial charge in [0.1, 0.15) is 11.7 Å². The Kier molecular flexibility index (Phi) is 4.07. The number of epoxide rings is 1. The standard InChI is InChI=1S/C28H36O7/c1-13-14(2)23(30)33-21(13)22-15(3)26(31)10-8-17-16-11-20-27(34-20)9-6-7-19(29)24(27,4)18(16)12-28(32,35-22)25(17,26)5/h6-7,15-18,20-22,31-32H,8-12H2,1-5H3/t15-,16+,17+,18+,20-,21-,22+,24+,25+,26-,27-,28+/m1/s1. The number of ketones is 1. The number of fused-ring (bicyclic) bond motifs is 3. The maximum atomic E-state index is 13.5. The maximum absolute atomic E-state index is 13.5. The van der Waals surface area contributed by atoms with Crippen molar-refractivity contribution < 1.29 is 34.0 Å². The van der Waals surface area contributed by atoms with Crippen LogP contribution in [0.3, 0.4) is 0 Å². The molecule has 0 bridgehead atoms. The molecule has 7 aliphatic rings. The number of hydrogen-bond donors (Lipinski definition) is 2. The Morgan fingerprint density at radius 1 is 1.09 bits per heavy atom. The molecule has 3 aliphatic heterocycles. The normalized spacial score (nSPS) is 60.0. The first-order chi connectivity index (χ1) is 16.4. The molecule has 35 heavy (non-hydrogen) atoms. The van der Waals surface area contributed by atoms with Crippen LogP contribution in [-0.4, -0.2) is 57.3 Å². The highest BCUT2D eigenvalue weighted by molar-refractivity contribution is 5.97. The molecule has 2 N–H and O–H groups in total. The molecular weight excluding hydrogens is 448 g/mol. The highest BCUT2D eigenvalue weighted by atomic mass is 16.7. The molecule has 12 atom stereocenters. The van der Waals surface area contributed by atoms with Crippen molar-refractivity contribution in [2.24, 2.45) is 34.5 Å². The summed E-state index contributed by atoms with van der Waals surface area (Å²) in [5, 5.41) is 24.8. The number of rotatable bonds is 1. The lowest BCUT2D eigenvalue weighted by atomic mass is 9.42. The van der Waals surface area contributed by atoms with E-state index in [2.05, 4.69) is 0 Å². The first-order valence-corrected chi connectivity index (χ1v) is 13.3. The zero-order valence-corrected chi connectivity index (χ0v) is 21.2. The maximum Gasteiger partial charge on any atom is 0.334 e. The monoisotopic (exact) mass is 484 g/mol. The summed E-state index contributed by atoms with van der Waals surface area (Å²) >= 11 is 0. The minimum Gasteiger partial charge on any atom is -0.452 e. The Morgan fingerprint density at radius 3 is 2.51 bits per heavy atom. The molecule has 3 saturated carbocycles. The third-order valence-electron chi connectivity index (χ3n) is 12.4. The largest absolute Gasteiger partial charge is 0.452 e. The number of carbonyl (C=O) groups is 2.